The number of piperidine rings is 1. The molecule has 1 aromatic heterocycles. The van der Waals surface area contributed by atoms with Crippen molar-refractivity contribution in [1.29, 1.82) is 0 Å². The number of nitrogens with zero attached hydrogens (tertiary/aromatic N) is 3. The lowest BCUT2D eigenvalue weighted by Gasteiger charge is -2.42. The summed E-state index contributed by atoms with van der Waals surface area (Å²) in [4.78, 5) is 30.3. The summed E-state index contributed by atoms with van der Waals surface area (Å²) in [7, 11) is 1.81. The maximum absolute atomic E-state index is 13.4. The molecule has 0 aliphatic carbocycles. The van der Waals surface area contributed by atoms with E-state index in [0.717, 1.165) is 24.1 Å². The molecule has 37 heavy (non-hydrogen) atoms. The van der Waals surface area contributed by atoms with Gasteiger partial charge >= 0.3 is 0 Å². The average molecular weight is 524 g/mol. The summed E-state index contributed by atoms with van der Waals surface area (Å²) in [5.74, 6) is 0.820. The van der Waals surface area contributed by atoms with Gasteiger partial charge in [-0.05, 0) is 42.5 Å². The molecular weight excluding hydrogens is 490 g/mol. The van der Waals surface area contributed by atoms with Crippen LogP contribution in [-0.4, -0.2) is 53.5 Å². The Kier molecular flexibility index (Phi) is 8.54. The molecule has 0 N–H and O–H groups in total. The summed E-state index contributed by atoms with van der Waals surface area (Å²) >= 11 is 6.15. The minimum Gasteiger partial charge on any atom is -0.493 e. The van der Waals surface area contributed by atoms with Crippen molar-refractivity contribution in [3.05, 3.63) is 82.7 Å². The van der Waals surface area contributed by atoms with Gasteiger partial charge in [0, 0.05) is 49.6 Å². The molecule has 0 radical (unpaired) electrons. The van der Waals surface area contributed by atoms with Crippen LogP contribution in [0.15, 0.2) is 65.2 Å². The van der Waals surface area contributed by atoms with Gasteiger partial charge in [-0.25, -0.2) is 0 Å². The maximum atomic E-state index is 13.4. The number of hydrogen-bond acceptors (Lipinski definition) is 5. The van der Waals surface area contributed by atoms with Gasteiger partial charge in [0.25, 0.3) is 5.91 Å². The van der Waals surface area contributed by atoms with E-state index in [1.54, 1.807) is 28.0 Å². The minimum absolute atomic E-state index is 0.00889. The van der Waals surface area contributed by atoms with Crippen molar-refractivity contribution in [3.8, 4) is 5.75 Å². The standard InChI is InChI=1S/C29H34ClN3O4/c1-21(2)25-16-26(37-31-25)28(35)33-14-8-13-29(19-33,20-36-24-12-7-11-23(30)15-24)17-27(34)32(3)18-22-9-5-4-6-10-22/h4-7,9-12,15-16,21H,8,13-14,17-20H2,1-3H3/t29-/m0/s1. The average Bonchev–Trinajstić information content (AvgIpc) is 3.39. The molecule has 4 rings (SSSR count). The first kappa shape index (κ1) is 26.7. The molecule has 1 saturated heterocycles. The highest BCUT2D eigenvalue weighted by molar-refractivity contribution is 6.30. The number of hydrogen-bond donors (Lipinski definition) is 0. The van der Waals surface area contributed by atoms with Gasteiger partial charge in [-0.1, -0.05) is 67.0 Å². The van der Waals surface area contributed by atoms with Crippen molar-refractivity contribution in [1.82, 2.24) is 15.0 Å². The van der Waals surface area contributed by atoms with Gasteiger partial charge in [0.1, 0.15) is 5.75 Å². The van der Waals surface area contributed by atoms with Gasteiger partial charge in [-0.15, -0.1) is 0 Å². The molecule has 1 aliphatic rings. The zero-order valence-electron chi connectivity index (χ0n) is 21.7. The van der Waals surface area contributed by atoms with Crippen LogP contribution in [0, 0.1) is 5.41 Å². The van der Waals surface area contributed by atoms with Crippen LogP contribution >= 0.6 is 11.6 Å². The van der Waals surface area contributed by atoms with Gasteiger partial charge in [0.05, 0.1) is 12.3 Å². The number of ether oxygens (including phenoxy) is 1. The highest BCUT2D eigenvalue weighted by Gasteiger charge is 2.41. The molecule has 3 aromatic rings. The van der Waals surface area contributed by atoms with Crippen LogP contribution in [0.4, 0.5) is 0 Å². The predicted octanol–water partition coefficient (Wildman–Crippen LogP) is 5.80. The van der Waals surface area contributed by atoms with Gasteiger partial charge in [0.2, 0.25) is 11.7 Å². The zero-order chi connectivity index (χ0) is 26.4. The molecule has 1 aliphatic heterocycles. The summed E-state index contributed by atoms with van der Waals surface area (Å²) in [6, 6.07) is 18.8. The second kappa shape index (κ2) is 11.8. The summed E-state index contributed by atoms with van der Waals surface area (Å²) in [5.41, 5.74) is 1.25. The normalized spacial score (nSPS) is 17.6. The highest BCUT2D eigenvalue weighted by atomic mass is 35.5. The fourth-order valence-corrected chi connectivity index (χ4v) is 4.89. The summed E-state index contributed by atoms with van der Waals surface area (Å²) < 4.78 is 11.5. The van der Waals surface area contributed by atoms with Gasteiger partial charge in [0.15, 0.2) is 0 Å². The van der Waals surface area contributed by atoms with Gasteiger partial charge < -0.3 is 19.1 Å². The fourth-order valence-electron chi connectivity index (χ4n) is 4.71. The Morgan fingerprint density at radius 2 is 1.95 bits per heavy atom. The van der Waals surface area contributed by atoms with Crippen LogP contribution in [0.2, 0.25) is 5.02 Å². The van der Waals surface area contributed by atoms with Crippen molar-refractivity contribution < 1.29 is 18.8 Å². The molecule has 2 heterocycles. The zero-order valence-corrected chi connectivity index (χ0v) is 22.4. The predicted molar refractivity (Wildman–Crippen MR) is 143 cm³/mol. The van der Waals surface area contributed by atoms with Crippen LogP contribution in [0.25, 0.3) is 0 Å². The number of carbonyl (C=O) groups excluding carboxylic acids is 2. The lowest BCUT2D eigenvalue weighted by Crippen LogP contribution is -2.50. The van der Waals surface area contributed by atoms with Crippen molar-refractivity contribution in [3.63, 3.8) is 0 Å². The van der Waals surface area contributed by atoms with E-state index < -0.39 is 5.41 Å². The third kappa shape index (κ3) is 6.92. The maximum Gasteiger partial charge on any atom is 0.292 e. The molecule has 0 unspecified atom stereocenters. The molecule has 0 saturated carbocycles. The van der Waals surface area contributed by atoms with Crippen LogP contribution in [0.1, 0.15) is 60.8 Å². The lowest BCUT2D eigenvalue weighted by molar-refractivity contribution is -0.134. The van der Waals surface area contributed by atoms with Crippen LogP contribution in [-0.2, 0) is 11.3 Å². The number of likely N-dealkylation sites (tertiary alicyclic amines) is 1. The minimum atomic E-state index is -0.556. The third-order valence-corrected chi connectivity index (χ3v) is 7.07. The van der Waals surface area contributed by atoms with E-state index in [1.165, 1.54) is 0 Å². The molecule has 196 valence electrons. The monoisotopic (exact) mass is 523 g/mol. The first-order valence-electron chi connectivity index (χ1n) is 12.7. The first-order valence-corrected chi connectivity index (χ1v) is 13.0. The second-order valence-corrected chi connectivity index (χ2v) is 10.7. The van der Waals surface area contributed by atoms with Crippen LogP contribution in [0.3, 0.4) is 0 Å². The van der Waals surface area contributed by atoms with Crippen molar-refractivity contribution in [2.24, 2.45) is 5.41 Å². The number of halogens is 1. The van der Waals surface area contributed by atoms with E-state index in [1.807, 2.05) is 63.4 Å². The van der Waals surface area contributed by atoms with Crippen molar-refractivity contribution in [2.45, 2.75) is 45.6 Å². The molecule has 0 bridgehead atoms. The van der Waals surface area contributed by atoms with Crippen molar-refractivity contribution in [2.75, 3.05) is 26.7 Å². The van der Waals surface area contributed by atoms with Crippen LogP contribution in [0.5, 0.6) is 5.75 Å². The Hall–Kier alpha value is -3.32. The Labute approximate surface area is 223 Å². The molecule has 1 atom stereocenters. The van der Waals surface area contributed by atoms with E-state index in [-0.39, 0.29) is 36.5 Å². The van der Waals surface area contributed by atoms with Gasteiger partial charge in [-0.3, -0.25) is 9.59 Å². The SMILES string of the molecule is CC(C)c1cc(C(=O)N2CCC[C@](COc3cccc(Cl)c3)(CC(=O)N(C)Cc3ccccc3)C2)on1. The number of carbonyl (C=O) groups is 2. The van der Waals surface area contributed by atoms with E-state index in [0.29, 0.717) is 30.4 Å². The molecule has 0 spiro atoms. The van der Waals surface area contributed by atoms with Gasteiger partial charge in [-0.2, -0.15) is 0 Å². The number of aromatic nitrogens is 1. The lowest BCUT2D eigenvalue weighted by atomic mass is 9.77. The number of amides is 2. The summed E-state index contributed by atoms with van der Waals surface area (Å²) in [6.45, 7) is 5.78. The van der Waals surface area contributed by atoms with E-state index in [2.05, 4.69) is 5.16 Å². The Balaban J connectivity index is 1.52. The quantitative estimate of drug-likeness (QED) is 0.354. The Morgan fingerprint density at radius 3 is 2.65 bits per heavy atom. The molecule has 2 aromatic carbocycles. The van der Waals surface area contributed by atoms with E-state index in [4.69, 9.17) is 20.9 Å². The van der Waals surface area contributed by atoms with Crippen molar-refractivity contribution >= 4 is 23.4 Å². The fraction of sp³-hybridized carbons (Fsp3) is 0.414. The Bertz CT molecular complexity index is 1210. The third-order valence-electron chi connectivity index (χ3n) is 6.83. The van der Waals surface area contributed by atoms with Crippen LogP contribution < -0.4 is 4.74 Å². The molecule has 1 fully saturated rings. The molecular formula is C29H34ClN3O4. The number of benzene rings is 2. The Morgan fingerprint density at radius 1 is 1.16 bits per heavy atom. The number of rotatable bonds is 9. The smallest absolute Gasteiger partial charge is 0.292 e. The summed E-state index contributed by atoms with van der Waals surface area (Å²) in [6.07, 6.45) is 1.77. The molecule has 8 heteroatoms. The second-order valence-electron chi connectivity index (χ2n) is 10.3. The topological polar surface area (TPSA) is 75.9 Å². The van der Waals surface area contributed by atoms with E-state index in [9.17, 15) is 9.59 Å². The first-order chi connectivity index (χ1) is 17.7. The largest absolute Gasteiger partial charge is 0.493 e. The molecule has 2 amide bonds. The van der Waals surface area contributed by atoms with E-state index >= 15 is 0 Å². The summed E-state index contributed by atoms with van der Waals surface area (Å²) in [5, 5.41) is 4.62. The molecule has 7 nitrogen and oxygen atoms in total. The highest BCUT2D eigenvalue weighted by Crippen LogP contribution is 2.36.